The van der Waals surface area contributed by atoms with E-state index in [0.29, 0.717) is 13.1 Å². The van der Waals surface area contributed by atoms with Crippen LogP contribution in [0, 0.1) is 0 Å². The van der Waals surface area contributed by atoms with Gasteiger partial charge in [0.15, 0.2) is 5.96 Å². The highest BCUT2D eigenvalue weighted by molar-refractivity contribution is 14.0. The Balaban J connectivity index is 0.00000392. The first-order valence-corrected chi connectivity index (χ1v) is 9.62. The number of amides is 1. The van der Waals surface area contributed by atoms with Crippen molar-refractivity contribution in [3.8, 4) is 0 Å². The molecule has 2 rings (SSSR count). The van der Waals surface area contributed by atoms with Gasteiger partial charge >= 0.3 is 0 Å². The molecule has 2 heterocycles. The average molecular weight is 504 g/mol. The Kier molecular flexibility index (Phi) is 11.3. The number of piperazine rings is 1. The third kappa shape index (κ3) is 8.27. The molecule has 9 heteroatoms. The van der Waals surface area contributed by atoms with Crippen molar-refractivity contribution in [2.75, 3.05) is 45.8 Å². The first-order chi connectivity index (χ1) is 13.0. The maximum Gasteiger partial charge on any atom is 0.234 e. The largest absolute Gasteiger partial charge is 0.386 e. The van der Waals surface area contributed by atoms with Crippen molar-refractivity contribution in [2.45, 2.75) is 32.9 Å². The zero-order valence-electron chi connectivity index (χ0n) is 17.0. The number of hydrogen-bond acceptors (Lipinski definition) is 5. The smallest absolute Gasteiger partial charge is 0.234 e. The summed E-state index contributed by atoms with van der Waals surface area (Å²) < 4.78 is 0. The van der Waals surface area contributed by atoms with E-state index in [1.807, 2.05) is 20.8 Å². The summed E-state index contributed by atoms with van der Waals surface area (Å²) >= 11 is 0. The average Bonchev–Trinajstić information content (AvgIpc) is 2.65. The van der Waals surface area contributed by atoms with Crippen LogP contribution in [0.1, 0.15) is 32.4 Å². The molecular weight excluding hydrogens is 471 g/mol. The van der Waals surface area contributed by atoms with Crippen LogP contribution in [0.5, 0.6) is 0 Å². The molecule has 0 spiro atoms. The summed E-state index contributed by atoms with van der Waals surface area (Å²) in [6, 6.07) is 3.76. The molecular formula is C19H33IN6O2. The van der Waals surface area contributed by atoms with E-state index < -0.39 is 6.10 Å². The Hall–Kier alpha value is -1.46. The van der Waals surface area contributed by atoms with Crippen LogP contribution in [-0.2, 0) is 4.79 Å². The molecule has 1 aliphatic rings. The highest BCUT2D eigenvalue weighted by atomic mass is 127. The van der Waals surface area contributed by atoms with E-state index in [-0.39, 0.29) is 35.9 Å². The molecule has 28 heavy (non-hydrogen) atoms. The Morgan fingerprint density at radius 3 is 2.46 bits per heavy atom. The maximum atomic E-state index is 11.9. The number of pyridine rings is 1. The summed E-state index contributed by atoms with van der Waals surface area (Å²) in [5, 5.41) is 16.5. The fourth-order valence-corrected chi connectivity index (χ4v) is 2.98. The first-order valence-electron chi connectivity index (χ1n) is 9.62. The fourth-order valence-electron chi connectivity index (χ4n) is 2.98. The second-order valence-corrected chi connectivity index (χ2v) is 6.98. The standard InChI is InChI=1S/C19H32N6O2.HI/c1-4-21-19(22-13-17(26)16-5-7-20-8-6-16)25-11-9-24(10-12-25)14-18(27)23-15(2)3;/h5-8,15,17,26H,4,9-14H2,1-3H3,(H,21,22)(H,23,27);1H. The van der Waals surface area contributed by atoms with Crippen LogP contribution in [0.15, 0.2) is 29.5 Å². The van der Waals surface area contributed by atoms with Crippen LogP contribution in [0.4, 0.5) is 0 Å². The highest BCUT2D eigenvalue weighted by Gasteiger charge is 2.21. The predicted octanol–water partition coefficient (Wildman–Crippen LogP) is 0.841. The summed E-state index contributed by atoms with van der Waals surface area (Å²) in [7, 11) is 0. The van der Waals surface area contributed by atoms with Gasteiger partial charge in [0.1, 0.15) is 0 Å². The third-order valence-electron chi connectivity index (χ3n) is 4.33. The van der Waals surface area contributed by atoms with Crippen molar-refractivity contribution in [1.82, 2.24) is 25.4 Å². The lowest BCUT2D eigenvalue weighted by Crippen LogP contribution is -2.54. The molecule has 0 bridgehead atoms. The Morgan fingerprint density at radius 2 is 1.89 bits per heavy atom. The Morgan fingerprint density at radius 1 is 1.25 bits per heavy atom. The van der Waals surface area contributed by atoms with Crippen LogP contribution in [0.2, 0.25) is 0 Å². The molecule has 0 aromatic carbocycles. The minimum absolute atomic E-state index is 0. The summed E-state index contributed by atoms with van der Waals surface area (Å²) in [6.07, 6.45) is 2.69. The zero-order chi connectivity index (χ0) is 19.6. The van der Waals surface area contributed by atoms with Gasteiger partial charge in [0.25, 0.3) is 0 Å². The second kappa shape index (κ2) is 12.9. The summed E-state index contributed by atoms with van der Waals surface area (Å²) in [4.78, 5) is 24.8. The van der Waals surface area contributed by atoms with E-state index in [1.165, 1.54) is 0 Å². The van der Waals surface area contributed by atoms with Crippen molar-refractivity contribution in [3.05, 3.63) is 30.1 Å². The lowest BCUT2D eigenvalue weighted by molar-refractivity contribution is -0.123. The Bertz CT molecular complexity index is 606. The molecule has 158 valence electrons. The number of aliphatic hydroxyl groups is 1. The van der Waals surface area contributed by atoms with Crippen LogP contribution in [0.25, 0.3) is 0 Å². The van der Waals surface area contributed by atoms with Gasteiger partial charge in [-0.1, -0.05) is 0 Å². The summed E-state index contributed by atoms with van der Waals surface area (Å²) in [5.74, 6) is 0.872. The van der Waals surface area contributed by atoms with Gasteiger partial charge < -0.3 is 20.6 Å². The van der Waals surface area contributed by atoms with Crippen LogP contribution >= 0.6 is 24.0 Å². The minimum atomic E-state index is -0.650. The number of aliphatic imine (C=N–C) groups is 1. The number of hydrogen-bond donors (Lipinski definition) is 3. The van der Waals surface area contributed by atoms with Gasteiger partial charge in [-0.3, -0.25) is 19.7 Å². The zero-order valence-corrected chi connectivity index (χ0v) is 19.3. The number of nitrogens with one attached hydrogen (secondary N) is 2. The molecule has 0 aliphatic carbocycles. The van der Waals surface area contributed by atoms with Gasteiger partial charge in [0.05, 0.1) is 19.2 Å². The molecule has 0 saturated carbocycles. The molecule has 1 atom stereocenters. The number of guanidine groups is 1. The monoisotopic (exact) mass is 504 g/mol. The molecule has 1 unspecified atom stereocenters. The van der Waals surface area contributed by atoms with Crippen LogP contribution < -0.4 is 10.6 Å². The summed E-state index contributed by atoms with van der Waals surface area (Å²) in [5.41, 5.74) is 0.811. The van der Waals surface area contributed by atoms with Gasteiger partial charge in [-0.2, -0.15) is 0 Å². The van der Waals surface area contributed by atoms with Gasteiger partial charge in [0.2, 0.25) is 5.91 Å². The molecule has 8 nitrogen and oxygen atoms in total. The quantitative estimate of drug-likeness (QED) is 0.290. The van der Waals surface area contributed by atoms with Crippen molar-refractivity contribution >= 4 is 35.8 Å². The number of halogens is 1. The van der Waals surface area contributed by atoms with Gasteiger partial charge in [-0.05, 0) is 38.5 Å². The lowest BCUT2D eigenvalue weighted by atomic mass is 10.1. The van der Waals surface area contributed by atoms with E-state index in [9.17, 15) is 9.90 Å². The highest BCUT2D eigenvalue weighted by Crippen LogP contribution is 2.12. The maximum absolute atomic E-state index is 11.9. The van der Waals surface area contributed by atoms with E-state index in [0.717, 1.165) is 44.2 Å². The number of nitrogens with zero attached hydrogens (tertiary/aromatic N) is 4. The van der Waals surface area contributed by atoms with Crippen LogP contribution in [-0.4, -0.2) is 83.6 Å². The van der Waals surface area contributed by atoms with Crippen LogP contribution in [0.3, 0.4) is 0 Å². The topological polar surface area (TPSA) is 93.1 Å². The number of rotatable bonds is 7. The fraction of sp³-hybridized carbons (Fsp3) is 0.632. The minimum Gasteiger partial charge on any atom is -0.386 e. The lowest BCUT2D eigenvalue weighted by Gasteiger charge is -2.36. The predicted molar refractivity (Wildman–Crippen MR) is 122 cm³/mol. The van der Waals surface area contributed by atoms with Gasteiger partial charge in [0, 0.05) is 51.2 Å². The van der Waals surface area contributed by atoms with Crippen molar-refractivity contribution < 1.29 is 9.90 Å². The van der Waals surface area contributed by atoms with E-state index in [2.05, 4.69) is 30.4 Å². The number of aromatic nitrogens is 1. The van der Waals surface area contributed by atoms with E-state index in [1.54, 1.807) is 24.5 Å². The van der Waals surface area contributed by atoms with Crippen molar-refractivity contribution in [2.24, 2.45) is 4.99 Å². The Labute approximate surface area is 184 Å². The number of carbonyl (C=O) groups is 1. The van der Waals surface area contributed by atoms with E-state index >= 15 is 0 Å². The molecule has 1 aliphatic heterocycles. The second-order valence-electron chi connectivity index (χ2n) is 6.98. The van der Waals surface area contributed by atoms with Crippen molar-refractivity contribution in [1.29, 1.82) is 0 Å². The SMILES string of the molecule is CCNC(=NCC(O)c1ccncc1)N1CCN(CC(=O)NC(C)C)CC1.I. The molecule has 1 aromatic rings. The molecule has 0 radical (unpaired) electrons. The first kappa shape index (κ1) is 24.6. The number of aliphatic hydroxyl groups excluding tert-OH is 1. The molecule has 1 saturated heterocycles. The third-order valence-corrected chi connectivity index (χ3v) is 4.33. The van der Waals surface area contributed by atoms with E-state index in [4.69, 9.17) is 0 Å². The van der Waals surface area contributed by atoms with Gasteiger partial charge in [-0.15, -0.1) is 24.0 Å². The molecule has 3 N–H and O–H groups in total. The van der Waals surface area contributed by atoms with Crippen molar-refractivity contribution in [3.63, 3.8) is 0 Å². The molecule has 1 amide bonds. The molecule has 1 fully saturated rings. The normalized spacial score (nSPS) is 16.5. The molecule has 1 aromatic heterocycles. The number of carbonyl (C=O) groups excluding carboxylic acids is 1. The van der Waals surface area contributed by atoms with Gasteiger partial charge in [-0.25, -0.2) is 0 Å². The summed E-state index contributed by atoms with van der Waals surface area (Å²) in [6.45, 7) is 10.7.